The molecule has 96 valence electrons. The lowest BCUT2D eigenvalue weighted by molar-refractivity contribution is 0.153. The highest BCUT2D eigenvalue weighted by Gasteiger charge is 2.09. The molecule has 0 bridgehead atoms. The van der Waals surface area contributed by atoms with Crippen LogP contribution >= 0.6 is 0 Å². The van der Waals surface area contributed by atoms with Gasteiger partial charge in [0.15, 0.2) is 0 Å². The Balaban J connectivity index is 2.76. The Kier molecular flexibility index (Phi) is 5.86. The van der Waals surface area contributed by atoms with Crippen LogP contribution in [0.1, 0.15) is 25.2 Å². The molecule has 0 unspecified atom stereocenters. The highest BCUT2D eigenvalue weighted by atomic mass is 16.5. The maximum Gasteiger partial charge on any atom is 0.225 e. The smallest absolute Gasteiger partial charge is 0.225 e. The minimum absolute atomic E-state index is 0.444. The largest absolute Gasteiger partial charge is 0.380 e. The number of likely N-dealkylation sites (N-methyl/N-ethyl adjacent to an activating group) is 1. The van der Waals surface area contributed by atoms with Crippen molar-refractivity contribution in [2.24, 2.45) is 5.73 Å². The van der Waals surface area contributed by atoms with Crippen LogP contribution in [0.25, 0.3) is 0 Å². The number of nitrogens with zero attached hydrogens (tertiary/aromatic N) is 3. The van der Waals surface area contributed by atoms with Crippen molar-refractivity contribution < 1.29 is 4.74 Å². The van der Waals surface area contributed by atoms with Crippen LogP contribution in [0, 0.1) is 6.92 Å². The Morgan fingerprint density at radius 3 is 2.71 bits per heavy atom. The molecule has 0 fully saturated rings. The molecule has 0 amide bonds. The summed E-state index contributed by atoms with van der Waals surface area (Å²) in [4.78, 5) is 11.0. The predicted molar refractivity (Wildman–Crippen MR) is 69.0 cm³/mol. The molecule has 0 radical (unpaired) electrons. The standard InChI is InChI=1S/C12H22N4O/c1-4-16(6-7-17-5-2)12-14-10(3)8-11(9-13)15-12/h8H,4-7,9,13H2,1-3H3. The van der Waals surface area contributed by atoms with Crippen LogP contribution < -0.4 is 10.6 Å². The van der Waals surface area contributed by atoms with Crippen molar-refractivity contribution in [3.05, 3.63) is 17.5 Å². The van der Waals surface area contributed by atoms with E-state index in [1.807, 2.05) is 19.9 Å². The predicted octanol–water partition coefficient (Wildman–Crippen LogP) is 1.11. The van der Waals surface area contributed by atoms with Gasteiger partial charge in [-0.1, -0.05) is 0 Å². The molecule has 0 aromatic carbocycles. The van der Waals surface area contributed by atoms with Gasteiger partial charge in [-0.05, 0) is 26.8 Å². The maximum atomic E-state index is 5.62. The fourth-order valence-corrected chi connectivity index (χ4v) is 1.58. The molecule has 0 aliphatic heterocycles. The van der Waals surface area contributed by atoms with Gasteiger partial charge in [0, 0.05) is 31.9 Å². The van der Waals surface area contributed by atoms with Gasteiger partial charge in [-0.2, -0.15) is 0 Å². The van der Waals surface area contributed by atoms with E-state index in [2.05, 4.69) is 21.8 Å². The number of hydrogen-bond acceptors (Lipinski definition) is 5. The molecule has 1 aromatic heterocycles. The molecular formula is C12H22N4O. The molecule has 5 nitrogen and oxygen atoms in total. The zero-order chi connectivity index (χ0) is 12.7. The Bertz CT molecular complexity index is 343. The molecule has 17 heavy (non-hydrogen) atoms. The zero-order valence-electron chi connectivity index (χ0n) is 10.9. The molecule has 2 N–H and O–H groups in total. The summed E-state index contributed by atoms with van der Waals surface area (Å²) >= 11 is 0. The van der Waals surface area contributed by atoms with Crippen LogP contribution in [0.4, 0.5) is 5.95 Å². The summed E-state index contributed by atoms with van der Waals surface area (Å²) in [6.45, 7) is 9.57. The number of hydrogen-bond donors (Lipinski definition) is 1. The lowest BCUT2D eigenvalue weighted by atomic mass is 10.3. The van der Waals surface area contributed by atoms with Crippen LogP contribution in [0.15, 0.2) is 6.07 Å². The van der Waals surface area contributed by atoms with Crippen molar-refractivity contribution in [2.75, 3.05) is 31.2 Å². The number of aryl methyl sites for hydroxylation is 1. The summed E-state index contributed by atoms with van der Waals surface area (Å²) in [7, 11) is 0. The molecule has 0 atom stereocenters. The third-order valence-electron chi connectivity index (χ3n) is 2.48. The average molecular weight is 238 g/mol. The molecule has 1 aromatic rings. The van der Waals surface area contributed by atoms with E-state index in [1.165, 1.54) is 0 Å². The first-order valence-electron chi connectivity index (χ1n) is 6.08. The quantitative estimate of drug-likeness (QED) is 0.721. The zero-order valence-corrected chi connectivity index (χ0v) is 10.9. The number of nitrogens with two attached hydrogens (primary N) is 1. The highest BCUT2D eigenvalue weighted by Crippen LogP contribution is 2.09. The number of anilines is 1. The summed E-state index contributed by atoms with van der Waals surface area (Å²) in [5, 5.41) is 0. The Morgan fingerprint density at radius 2 is 2.12 bits per heavy atom. The fraction of sp³-hybridized carbons (Fsp3) is 0.667. The second kappa shape index (κ2) is 7.19. The van der Waals surface area contributed by atoms with Crippen molar-refractivity contribution >= 4 is 5.95 Å². The van der Waals surface area contributed by atoms with E-state index in [9.17, 15) is 0 Å². The Labute approximate surface area is 103 Å². The Hall–Kier alpha value is -1.20. The van der Waals surface area contributed by atoms with Gasteiger partial charge in [-0.3, -0.25) is 0 Å². The van der Waals surface area contributed by atoms with E-state index < -0.39 is 0 Å². The van der Waals surface area contributed by atoms with E-state index in [0.29, 0.717) is 13.2 Å². The molecule has 1 rings (SSSR count). The molecule has 0 aliphatic carbocycles. The summed E-state index contributed by atoms with van der Waals surface area (Å²) in [6.07, 6.45) is 0. The third kappa shape index (κ3) is 4.28. The lowest BCUT2D eigenvalue weighted by Crippen LogP contribution is -2.29. The normalized spacial score (nSPS) is 10.6. The first-order valence-corrected chi connectivity index (χ1v) is 6.08. The van der Waals surface area contributed by atoms with Crippen molar-refractivity contribution in [3.8, 4) is 0 Å². The van der Waals surface area contributed by atoms with Gasteiger partial charge in [0.2, 0.25) is 5.95 Å². The van der Waals surface area contributed by atoms with E-state index in [-0.39, 0.29) is 0 Å². The van der Waals surface area contributed by atoms with Gasteiger partial charge in [0.05, 0.1) is 12.3 Å². The van der Waals surface area contributed by atoms with Gasteiger partial charge < -0.3 is 15.4 Å². The van der Waals surface area contributed by atoms with Crippen LogP contribution in [0.3, 0.4) is 0 Å². The van der Waals surface area contributed by atoms with Crippen LogP contribution in [0.2, 0.25) is 0 Å². The second-order valence-corrected chi connectivity index (χ2v) is 3.78. The van der Waals surface area contributed by atoms with Gasteiger partial charge >= 0.3 is 0 Å². The summed E-state index contributed by atoms with van der Waals surface area (Å²) in [5.41, 5.74) is 7.44. The van der Waals surface area contributed by atoms with Crippen LogP contribution in [0.5, 0.6) is 0 Å². The summed E-state index contributed by atoms with van der Waals surface area (Å²) < 4.78 is 5.35. The van der Waals surface area contributed by atoms with Gasteiger partial charge in [-0.15, -0.1) is 0 Å². The Morgan fingerprint density at radius 1 is 1.35 bits per heavy atom. The highest BCUT2D eigenvalue weighted by molar-refractivity contribution is 5.32. The third-order valence-corrected chi connectivity index (χ3v) is 2.48. The molecule has 0 spiro atoms. The van der Waals surface area contributed by atoms with E-state index in [4.69, 9.17) is 10.5 Å². The topological polar surface area (TPSA) is 64.3 Å². The van der Waals surface area contributed by atoms with E-state index in [1.54, 1.807) is 0 Å². The molecular weight excluding hydrogens is 216 g/mol. The minimum Gasteiger partial charge on any atom is -0.380 e. The molecule has 0 saturated carbocycles. The summed E-state index contributed by atoms with van der Waals surface area (Å²) in [5.74, 6) is 0.743. The second-order valence-electron chi connectivity index (χ2n) is 3.78. The lowest BCUT2D eigenvalue weighted by Gasteiger charge is -2.21. The first-order chi connectivity index (χ1) is 8.21. The summed E-state index contributed by atoms with van der Waals surface area (Å²) in [6, 6.07) is 1.92. The number of rotatable bonds is 7. The van der Waals surface area contributed by atoms with Crippen molar-refractivity contribution in [3.63, 3.8) is 0 Å². The first kappa shape index (κ1) is 13.9. The van der Waals surface area contributed by atoms with E-state index >= 15 is 0 Å². The van der Waals surface area contributed by atoms with E-state index in [0.717, 1.165) is 37.0 Å². The van der Waals surface area contributed by atoms with Gasteiger partial charge in [-0.25, -0.2) is 9.97 Å². The SMILES string of the molecule is CCOCCN(CC)c1nc(C)cc(CN)n1. The van der Waals surface area contributed by atoms with Crippen molar-refractivity contribution in [1.29, 1.82) is 0 Å². The van der Waals surface area contributed by atoms with Gasteiger partial charge in [0.1, 0.15) is 0 Å². The van der Waals surface area contributed by atoms with Crippen LogP contribution in [-0.2, 0) is 11.3 Å². The monoisotopic (exact) mass is 238 g/mol. The van der Waals surface area contributed by atoms with Crippen molar-refractivity contribution in [2.45, 2.75) is 27.3 Å². The minimum atomic E-state index is 0.444. The fourth-order valence-electron chi connectivity index (χ4n) is 1.58. The van der Waals surface area contributed by atoms with Crippen molar-refractivity contribution in [1.82, 2.24) is 9.97 Å². The number of ether oxygens (including phenoxy) is 1. The molecule has 0 aliphatic rings. The number of aromatic nitrogens is 2. The molecule has 1 heterocycles. The van der Waals surface area contributed by atoms with Gasteiger partial charge in [0.25, 0.3) is 0 Å². The molecule has 5 heteroatoms. The average Bonchev–Trinajstić information content (AvgIpc) is 2.34. The molecule has 0 saturated heterocycles. The maximum absolute atomic E-state index is 5.62. The van der Waals surface area contributed by atoms with Crippen LogP contribution in [-0.4, -0.2) is 36.3 Å².